The Labute approximate surface area is 179 Å². The molecule has 2 N–H and O–H groups in total. The van der Waals surface area contributed by atoms with E-state index in [1.165, 1.54) is 19.4 Å². The molecule has 0 saturated carbocycles. The summed E-state index contributed by atoms with van der Waals surface area (Å²) >= 11 is 0. The molecule has 3 aliphatic heterocycles. The summed E-state index contributed by atoms with van der Waals surface area (Å²) in [6.07, 6.45) is 3.85. The minimum atomic E-state index is 0.224. The number of methoxy groups -OCH3 is 2. The van der Waals surface area contributed by atoms with Gasteiger partial charge in [-0.1, -0.05) is 0 Å². The maximum Gasteiger partial charge on any atom is 0.191 e. The molecule has 0 radical (unpaired) electrons. The highest BCUT2D eigenvalue weighted by Crippen LogP contribution is 2.30. The first-order valence-electron chi connectivity index (χ1n) is 11.0. The van der Waals surface area contributed by atoms with Crippen molar-refractivity contribution in [1.82, 2.24) is 15.5 Å². The quantitative estimate of drug-likeness (QED) is 0.534. The molecule has 8 heteroatoms. The van der Waals surface area contributed by atoms with Crippen molar-refractivity contribution < 1.29 is 14.2 Å². The van der Waals surface area contributed by atoms with Gasteiger partial charge in [-0.15, -0.1) is 0 Å². The van der Waals surface area contributed by atoms with Gasteiger partial charge in [0.2, 0.25) is 0 Å². The van der Waals surface area contributed by atoms with Crippen LogP contribution in [-0.4, -0.2) is 89.6 Å². The number of hydrogen-bond acceptors (Lipinski definition) is 6. The van der Waals surface area contributed by atoms with E-state index in [-0.39, 0.29) is 6.10 Å². The van der Waals surface area contributed by atoms with Crippen LogP contribution >= 0.6 is 0 Å². The zero-order valence-electron chi connectivity index (χ0n) is 18.4. The van der Waals surface area contributed by atoms with Crippen molar-refractivity contribution in [3.05, 3.63) is 18.2 Å². The Morgan fingerprint density at radius 3 is 2.67 bits per heavy atom. The van der Waals surface area contributed by atoms with Gasteiger partial charge in [-0.2, -0.15) is 0 Å². The summed E-state index contributed by atoms with van der Waals surface area (Å²) < 4.78 is 16.9. The van der Waals surface area contributed by atoms with E-state index in [4.69, 9.17) is 14.2 Å². The lowest BCUT2D eigenvalue weighted by Gasteiger charge is -2.35. The zero-order chi connectivity index (χ0) is 20.9. The van der Waals surface area contributed by atoms with E-state index in [1.54, 1.807) is 14.2 Å². The first kappa shape index (κ1) is 21.1. The van der Waals surface area contributed by atoms with Crippen LogP contribution in [0.25, 0.3) is 0 Å². The maximum atomic E-state index is 6.06. The van der Waals surface area contributed by atoms with Crippen LogP contribution in [-0.2, 0) is 4.74 Å². The molecular formula is C22H35N5O3. The Hall–Kier alpha value is -2.19. The van der Waals surface area contributed by atoms with Gasteiger partial charge >= 0.3 is 0 Å². The molecule has 8 nitrogen and oxygen atoms in total. The number of benzene rings is 1. The molecule has 3 heterocycles. The highest BCUT2D eigenvalue weighted by Gasteiger charge is 2.32. The largest absolute Gasteiger partial charge is 0.497 e. The zero-order valence-corrected chi connectivity index (χ0v) is 18.4. The smallest absolute Gasteiger partial charge is 0.191 e. The van der Waals surface area contributed by atoms with Crippen LogP contribution in [0.1, 0.15) is 19.3 Å². The second-order valence-corrected chi connectivity index (χ2v) is 8.35. The van der Waals surface area contributed by atoms with Crippen LogP contribution in [0.5, 0.6) is 11.5 Å². The molecule has 3 aliphatic rings. The number of rotatable bonds is 6. The van der Waals surface area contributed by atoms with E-state index < -0.39 is 0 Å². The van der Waals surface area contributed by atoms with E-state index in [9.17, 15) is 0 Å². The van der Waals surface area contributed by atoms with Gasteiger partial charge in [-0.05, 0) is 25.8 Å². The van der Waals surface area contributed by atoms with E-state index in [2.05, 4.69) is 37.6 Å². The number of aliphatic imine (C=N–C) groups is 1. The molecular weight excluding hydrogens is 382 g/mol. The van der Waals surface area contributed by atoms with Gasteiger partial charge in [0.05, 0.1) is 26.9 Å². The SMILES string of the molecule is CN=C(NCC1CN2CCCC2CO1)NC1CCN(c2cc(OC)cc(OC)c2)C1. The number of hydrogen-bond donors (Lipinski definition) is 2. The van der Waals surface area contributed by atoms with Crippen LogP contribution in [0.4, 0.5) is 5.69 Å². The van der Waals surface area contributed by atoms with Gasteiger partial charge in [-0.25, -0.2) is 0 Å². The van der Waals surface area contributed by atoms with Gasteiger partial charge in [0, 0.05) is 69.2 Å². The van der Waals surface area contributed by atoms with E-state index in [0.29, 0.717) is 12.1 Å². The van der Waals surface area contributed by atoms with Gasteiger partial charge in [0.25, 0.3) is 0 Å². The Bertz CT molecular complexity index is 721. The molecule has 3 unspecified atom stereocenters. The molecule has 3 fully saturated rings. The average Bonchev–Trinajstić information content (AvgIpc) is 3.45. The molecule has 3 atom stereocenters. The Balaban J connectivity index is 1.27. The van der Waals surface area contributed by atoms with E-state index in [1.807, 2.05) is 13.1 Å². The number of ether oxygens (including phenoxy) is 3. The van der Waals surface area contributed by atoms with Gasteiger partial charge in [0.1, 0.15) is 11.5 Å². The molecule has 3 saturated heterocycles. The molecule has 30 heavy (non-hydrogen) atoms. The number of anilines is 1. The monoisotopic (exact) mass is 417 g/mol. The lowest BCUT2D eigenvalue weighted by atomic mass is 10.2. The molecule has 0 spiro atoms. The average molecular weight is 418 g/mol. The minimum absolute atomic E-state index is 0.224. The molecule has 0 amide bonds. The summed E-state index contributed by atoms with van der Waals surface area (Å²) in [5.74, 6) is 2.47. The first-order chi connectivity index (χ1) is 14.7. The summed E-state index contributed by atoms with van der Waals surface area (Å²) in [7, 11) is 5.19. The number of fused-ring (bicyclic) bond motifs is 1. The third-order valence-electron chi connectivity index (χ3n) is 6.41. The van der Waals surface area contributed by atoms with Crippen molar-refractivity contribution in [2.75, 3.05) is 65.5 Å². The molecule has 4 rings (SSSR count). The first-order valence-corrected chi connectivity index (χ1v) is 11.0. The Morgan fingerprint density at radius 1 is 1.13 bits per heavy atom. The van der Waals surface area contributed by atoms with Crippen LogP contribution in [0.3, 0.4) is 0 Å². The van der Waals surface area contributed by atoms with E-state index in [0.717, 1.165) is 62.4 Å². The molecule has 0 aliphatic carbocycles. The van der Waals surface area contributed by atoms with Crippen molar-refractivity contribution >= 4 is 11.6 Å². The summed E-state index contributed by atoms with van der Waals surface area (Å²) in [5, 5.41) is 7.04. The van der Waals surface area contributed by atoms with Crippen LogP contribution in [0, 0.1) is 0 Å². The van der Waals surface area contributed by atoms with Crippen molar-refractivity contribution in [3.63, 3.8) is 0 Å². The molecule has 166 valence electrons. The lowest BCUT2D eigenvalue weighted by Crippen LogP contribution is -2.52. The van der Waals surface area contributed by atoms with Crippen LogP contribution in [0.15, 0.2) is 23.2 Å². The molecule has 1 aromatic carbocycles. The molecule has 0 aromatic heterocycles. The van der Waals surface area contributed by atoms with Gasteiger partial charge in [-0.3, -0.25) is 9.89 Å². The van der Waals surface area contributed by atoms with Gasteiger partial charge < -0.3 is 29.7 Å². The summed E-state index contributed by atoms with van der Waals surface area (Å²) in [5.41, 5.74) is 1.12. The van der Waals surface area contributed by atoms with Gasteiger partial charge in [0.15, 0.2) is 5.96 Å². The minimum Gasteiger partial charge on any atom is -0.497 e. The van der Waals surface area contributed by atoms with Crippen molar-refractivity contribution in [2.45, 2.75) is 37.5 Å². The fourth-order valence-corrected chi connectivity index (χ4v) is 4.70. The molecule has 0 bridgehead atoms. The fourth-order valence-electron chi connectivity index (χ4n) is 4.70. The molecule has 1 aromatic rings. The van der Waals surface area contributed by atoms with Crippen LogP contribution in [0.2, 0.25) is 0 Å². The summed E-state index contributed by atoms with van der Waals surface area (Å²) in [6, 6.07) is 6.99. The Kier molecular flexibility index (Phi) is 6.84. The number of morpholine rings is 1. The second-order valence-electron chi connectivity index (χ2n) is 8.35. The third kappa shape index (κ3) is 4.92. The van der Waals surface area contributed by atoms with Crippen molar-refractivity contribution in [3.8, 4) is 11.5 Å². The highest BCUT2D eigenvalue weighted by molar-refractivity contribution is 5.80. The van der Waals surface area contributed by atoms with Crippen molar-refractivity contribution in [1.29, 1.82) is 0 Å². The lowest BCUT2D eigenvalue weighted by molar-refractivity contribution is -0.0453. The maximum absolute atomic E-state index is 6.06. The Morgan fingerprint density at radius 2 is 1.93 bits per heavy atom. The number of nitrogens with one attached hydrogen (secondary N) is 2. The summed E-state index contributed by atoms with van der Waals surface area (Å²) in [6.45, 7) is 5.76. The predicted molar refractivity (Wildman–Crippen MR) is 119 cm³/mol. The second kappa shape index (κ2) is 9.75. The number of guanidine groups is 1. The predicted octanol–water partition coefficient (Wildman–Crippen LogP) is 1.31. The standard InChI is InChI=1S/C22H35N5O3/c1-23-22(24-12-21-14-26-7-4-5-17(26)15-30-21)25-16-6-8-27(13-16)18-9-19(28-2)11-20(10-18)29-3/h9-11,16-17,21H,4-8,12-15H2,1-3H3,(H2,23,24,25). The topological polar surface area (TPSA) is 70.6 Å². The highest BCUT2D eigenvalue weighted by atomic mass is 16.5. The third-order valence-corrected chi connectivity index (χ3v) is 6.41. The number of nitrogens with zero attached hydrogens (tertiary/aromatic N) is 3. The van der Waals surface area contributed by atoms with Crippen molar-refractivity contribution in [2.24, 2.45) is 4.99 Å². The summed E-state index contributed by atoms with van der Waals surface area (Å²) in [4.78, 5) is 9.35. The fraction of sp³-hybridized carbons (Fsp3) is 0.682. The van der Waals surface area contributed by atoms with E-state index >= 15 is 0 Å². The van der Waals surface area contributed by atoms with Crippen LogP contribution < -0.4 is 25.0 Å². The normalized spacial score (nSPS) is 27.1.